The van der Waals surface area contributed by atoms with Crippen LogP contribution >= 0.6 is 15.9 Å². The van der Waals surface area contributed by atoms with Crippen LogP contribution in [0.3, 0.4) is 0 Å². The van der Waals surface area contributed by atoms with Crippen LogP contribution in [0.1, 0.15) is 28.5 Å². The Morgan fingerprint density at radius 3 is 2.81 bits per heavy atom. The number of benzene rings is 1. The summed E-state index contributed by atoms with van der Waals surface area (Å²) in [4.78, 5) is 12.2. The largest absolute Gasteiger partial charge is 0.380 e. The number of ether oxygens (including phenoxy) is 1. The first kappa shape index (κ1) is 15.8. The summed E-state index contributed by atoms with van der Waals surface area (Å²) in [5.41, 5.74) is 2.83. The van der Waals surface area contributed by atoms with Crippen LogP contribution in [-0.4, -0.2) is 17.6 Å². The van der Waals surface area contributed by atoms with E-state index in [9.17, 15) is 4.79 Å². The summed E-state index contributed by atoms with van der Waals surface area (Å²) in [5.74, 6) is -0.0697. The van der Waals surface area contributed by atoms with E-state index in [2.05, 4.69) is 21.2 Å². The maximum atomic E-state index is 12.2. The highest BCUT2D eigenvalue weighted by molar-refractivity contribution is 9.10. The first-order valence-corrected chi connectivity index (χ1v) is 7.64. The van der Waals surface area contributed by atoms with E-state index in [1.807, 2.05) is 48.0 Å². The number of hydrogen-bond donors (Lipinski definition) is 1. The van der Waals surface area contributed by atoms with Crippen LogP contribution < -0.4 is 5.32 Å². The Labute approximate surface area is 133 Å². The Morgan fingerprint density at radius 2 is 2.10 bits per heavy atom. The van der Waals surface area contributed by atoms with Crippen molar-refractivity contribution in [3.63, 3.8) is 0 Å². The van der Waals surface area contributed by atoms with Gasteiger partial charge in [0.2, 0.25) is 0 Å². The second kappa shape index (κ2) is 7.43. The molecule has 2 rings (SSSR count). The minimum atomic E-state index is -0.0697. The molecule has 1 amide bonds. The molecule has 5 heteroatoms. The first-order chi connectivity index (χ1) is 10.1. The van der Waals surface area contributed by atoms with Crippen molar-refractivity contribution in [1.29, 1.82) is 0 Å². The van der Waals surface area contributed by atoms with E-state index in [0.717, 1.165) is 22.1 Å². The lowest BCUT2D eigenvalue weighted by molar-refractivity contribution is 0.0941. The monoisotopic (exact) mass is 350 g/mol. The molecule has 1 N–H and O–H groups in total. The first-order valence-electron chi connectivity index (χ1n) is 6.84. The molecule has 0 saturated carbocycles. The number of aromatic nitrogens is 1. The number of nitrogens with one attached hydrogen (secondary N) is 1. The zero-order chi connectivity index (χ0) is 15.2. The third-order valence-corrected chi connectivity index (χ3v) is 3.63. The minimum Gasteiger partial charge on any atom is -0.380 e. The number of aryl methyl sites for hydroxylation is 1. The summed E-state index contributed by atoms with van der Waals surface area (Å²) >= 11 is 3.40. The van der Waals surface area contributed by atoms with Gasteiger partial charge in [0.05, 0.1) is 6.61 Å². The van der Waals surface area contributed by atoms with Gasteiger partial charge in [-0.2, -0.15) is 0 Å². The molecule has 0 unspecified atom stereocenters. The van der Waals surface area contributed by atoms with Crippen LogP contribution in [-0.2, 0) is 24.4 Å². The molecule has 0 aliphatic rings. The SMILES string of the molecule is CCn1cc(Br)cc1C(=O)NCc1cccc(COC)c1. The number of nitrogens with zero attached hydrogens (tertiary/aromatic N) is 1. The van der Waals surface area contributed by atoms with Crippen molar-refractivity contribution in [2.45, 2.75) is 26.6 Å². The van der Waals surface area contributed by atoms with Gasteiger partial charge in [0.15, 0.2) is 0 Å². The Morgan fingerprint density at radius 1 is 1.33 bits per heavy atom. The maximum Gasteiger partial charge on any atom is 0.268 e. The van der Waals surface area contributed by atoms with E-state index < -0.39 is 0 Å². The molecule has 0 aliphatic heterocycles. The highest BCUT2D eigenvalue weighted by Crippen LogP contribution is 2.15. The van der Waals surface area contributed by atoms with Crippen molar-refractivity contribution in [1.82, 2.24) is 9.88 Å². The van der Waals surface area contributed by atoms with Crippen LogP contribution in [0.25, 0.3) is 0 Å². The van der Waals surface area contributed by atoms with Crippen LogP contribution in [0.2, 0.25) is 0 Å². The summed E-state index contributed by atoms with van der Waals surface area (Å²) in [6.07, 6.45) is 1.91. The number of carbonyl (C=O) groups is 1. The highest BCUT2D eigenvalue weighted by atomic mass is 79.9. The molecule has 0 bridgehead atoms. The molecule has 21 heavy (non-hydrogen) atoms. The molecule has 0 aliphatic carbocycles. The number of methoxy groups -OCH3 is 1. The molecule has 112 valence electrons. The smallest absolute Gasteiger partial charge is 0.268 e. The average Bonchev–Trinajstić information content (AvgIpc) is 2.87. The maximum absolute atomic E-state index is 12.2. The molecule has 1 aromatic heterocycles. The molecule has 0 saturated heterocycles. The number of halogens is 1. The van der Waals surface area contributed by atoms with E-state index in [1.165, 1.54) is 0 Å². The van der Waals surface area contributed by atoms with Gasteiger partial charge < -0.3 is 14.6 Å². The molecular formula is C16H19BrN2O2. The van der Waals surface area contributed by atoms with Gasteiger partial charge in [-0.25, -0.2) is 0 Å². The normalized spacial score (nSPS) is 10.6. The Bertz CT molecular complexity index is 622. The molecular weight excluding hydrogens is 332 g/mol. The fraction of sp³-hybridized carbons (Fsp3) is 0.312. The molecule has 0 atom stereocenters. The van der Waals surface area contributed by atoms with Crippen molar-refractivity contribution in [3.8, 4) is 0 Å². The molecule has 0 fully saturated rings. The van der Waals surface area contributed by atoms with E-state index in [-0.39, 0.29) is 5.91 Å². The lowest BCUT2D eigenvalue weighted by atomic mass is 10.1. The number of rotatable bonds is 6. The topological polar surface area (TPSA) is 43.3 Å². The Kier molecular flexibility index (Phi) is 5.59. The lowest BCUT2D eigenvalue weighted by Crippen LogP contribution is -2.25. The quantitative estimate of drug-likeness (QED) is 0.867. The summed E-state index contributed by atoms with van der Waals surface area (Å²) in [7, 11) is 1.67. The summed E-state index contributed by atoms with van der Waals surface area (Å²) in [5, 5.41) is 2.95. The van der Waals surface area contributed by atoms with E-state index in [4.69, 9.17) is 4.74 Å². The van der Waals surface area contributed by atoms with Gasteiger partial charge in [-0.05, 0) is 40.0 Å². The van der Waals surface area contributed by atoms with E-state index in [1.54, 1.807) is 7.11 Å². The molecule has 4 nitrogen and oxygen atoms in total. The standard InChI is InChI=1S/C16H19BrN2O2/c1-3-19-10-14(17)8-15(19)16(20)18-9-12-5-4-6-13(7-12)11-21-2/h4-8,10H,3,9,11H2,1-2H3,(H,18,20). The molecule has 2 aromatic rings. The molecule has 0 radical (unpaired) electrons. The third-order valence-electron chi connectivity index (χ3n) is 3.19. The molecule has 0 spiro atoms. The minimum absolute atomic E-state index is 0.0697. The van der Waals surface area contributed by atoms with Crippen molar-refractivity contribution in [2.24, 2.45) is 0 Å². The fourth-order valence-corrected chi connectivity index (χ4v) is 2.66. The van der Waals surface area contributed by atoms with Crippen LogP contribution in [0, 0.1) is 0 Å². The highest BCUT2D eigenvalue weighted by Gasteiger charge is 2.11. The zero-order valence-corrected chi connectivity index (χ0v) is 13.8. The van der Waals surface area contributed by atoms with Gasteiger partial charge in [0, 0.05) is 30.9 Å². The number of amides is 1. The predicted octanol–water partition coefficient (Wildman–Crippen LogP) is 3.35. The number of carbonyl (C=O) groups excluding carboxylic acids is 1. The summed E-state index contributed by atoms with van der Waals surface area (Å²) in [6, 6.07) is 9.85. The average molecular weight is 351 g/mol. The van der Waals surface area contributed by atoms with Crippen molar-refractivity contribution >= 4 is 21.8 Å². The van der Waals surface area contributed by atoms with Gasteiger partial charge in [0.1, 0.15) is 5.69 Å². The second-order valence-corrected chi connectivity index (χ2v) is 5.68. The van der Waals surface area contributed by atoms with Crippen LogP contribution in [0.4, 0.5) is 0 Å². The van der Waals surface area contributed by atoms with Crippen molar-refractivity contribution in [2.75, 3.05) is 7.11 Å². The van der Waals surface area contributed by atoms with E-state index in [0.29, 0.717) is 18.8 Å². The van der Waals surface area contributed by atoms with Gasteiger partial charge in [-0.3, -0.25) is 4.79 Å². The zero-order valence-electron chi connectivity index (χ0n) is 12.2. The van der Waals surface area contributed by atoms with Crippen molar-refractivity contribution in [3.05, 3.63) is 57.8 Å². The Hall–Kier alpha value is -1.59. The molecule has 1 heterocycles. The second-order valence-electron chi connectivity index (χ2n) is 4.77. The van der Waals surface area contributed by atoms with Crippen LogP contribution in [0.15, 0.2) is 41.0 Å². The van der Waals surface area contributed by atoms with Crippen molar-refractivity contribution < 1.29 is 9.53 Å². The predicted molar refractivity (Wildman–Crippen MR) is 86.1 cm³/mol. The Balaban J connectivity index is 2.02. The molecule has 1 aromatic carbocycles. The summed E-state index contributed by atoms with van der Waals surface area (Å²) < 4.78 is 7.95. The van der Waals surface area contributed by atoms with E-state index >= 15 is 0 Å². The van der Waals surface area contributed by atoms with Gasteiger partial charge in [-0.1, -0.05) is 24.3 Å². The van der Waals surface area contributed by atoms with Gasteiger partial charge in [-0.15, -0.1) is 0 Å². The van der Waals surface area contributed by atoms with Crippen LogP contribution in [0.5, 0.6) is 0 Å². The third kappa shape index (κ3) is 4.19. The number of hydrogen-bond acceptors (Lipinski definition) is 2. The summed E-state index contributed by atoms with van der Waals surface area (Å²) in [6.45, 7) is 3.85. The van der Waals surface area contributed by atoms with Gasteiger partial charge in [0.25, 0.3) is 5.91 Å². The fourth-order valence-electron chi connectivity index (χ4n) is 2.20. The lowest BCUT2D eigenvalue weighted by Gasteiger charge is -2.09. The van der Waals surface area contributed by atoms with Gasteiger partial charge >= 0.3 is 0 Å².